The first-order chi connectivity index (χ1) is 13.0. The van der Waals surface area contributed by atoms with Gasteiger partial charge in [0.25, 0.3) is 0 Å². The smallest absolute Gasteiger partial charge is 0.225 e. The summed E-state index contributed by atoms with van der Waals surface area (Å²) < 4.78 is 0. The number of hydrogen-bond acceptors (Lipinski definition) is 5. The molecule has 2 fully saturated rings. The van der Waals surface area contributed by atoms with Crippen LogP contribution < -0.4 is 10.2 Å². The number of aryl methyl sites for hydroxylation is 2. The molecule has 1 aromatic heterocycles. The van der Waals surface area contributed by atoms with E-state index in [0.29, 0.717) is 18.4 Å². The molecule has 0 bridgehead atoms. The van der Waals surface area contributed by atoms with Crippen LogP contribution in [0.3, 0.4) is 0 Å². The quantitative estimate of drug-likeness (QED) is 0.796. The van der Waals surface area contributed by atoms with Crippen molar-refractivity contribution in [2.75, 3.05) is 37.6 Å². The number of hydrogen-bond donors (Lipinski definition) is 1. The number of anilines is 1. The largest absolute Gasteiger partial charge is 0.355 e. The lowest BCUT2D eigenvalue weighted by Gasteiger charge is -2.32. The van der Waals surface area contributed by atoms with E-state index in [9.17, 15) is 4.79 Å². The van der Waals surface area contributed by atoms with Crippen LogP contribution in [-0.2, 0) is 4.79 Å². The Balaban J connectivity index is 1.36. The molecule has 0 radical (unpaired) electrons. The molecule has 1 atom stereocenters. The summed E-state index contributed by atoms with van der Waals surface area (Å²) in [5, 5.41) is 3.16. The van der Waals surface area contributed by atoms with Gasteiger partial charge in [0, 0.05) is 43.5 Å². The average Bonchev–Trinajstić information content (AvgIpc) is 3.12. The highest BCUT2D eigenvalue weighted by atomic mass is 16.1. The number of amides is 1. The molecule has 6 heteroatoms. The zero-order chi connectivity index (χ0) is 19.2. The number of carbonyl (C=O) groups excluding carboxylic acids is 1. The van der Waals surface area contributed by atoms with Gasteiger partial charge in [-0.2, -0.15) is 0 Å². The Morgan fingerprint density at radius 3 is 2.52 bits per heavy atom. The lowest BCUT2D eigenvalue weighted by atomic mass is 9.92. The van der Waals surface area contributed by atoms with Gasteiger partial charge in [-0.1, -0.05) is 6.92 Å². The van der Waals surface area contributed by atoms with Crippen LogP contribution in [0, 0.1) is 19.8 Å². The number of aromatic nitrogens is 2. The van der Waals surface area contributed by atoms with Gasteiger partial charge in [0.1, 0.15) is 0 Å². The van der Waals surface area contributed by atoms with Crippen molar-refractivity contribution in [1.29, 1.82) is 0 Å². The molecule has 1 aromatic rings. The van der Waals surface area contributed by atoms with Gasteiger partial charge >= 0.3 is 0 Å². The van der Waals surface area contributed by atoms with Crippen LogP contribution in [0.2, 0.25) is 0 Å². The van der Waals surface area contributed by atoms with Crippen molar-refractivity contribution in [1.82, 2.24) is 20.2 Å². The standard InChI is InChI=1S/C21H35N5O/c1-4-25-11-5-6-19(25)15-22-20(27)8-7-18-9-12-26(13-10-18)21-23-16(2)14-17(3)24-21/h14,18-19H,4-13,15H2,1-3H3,(H,22,27)/t19-/m0/s1. The zero-order valence-electron chi connectivity index (χ0n) is 17.2. The molecular formula is C21H35N5O. The number of rotatable bonds is 7. The fourth-order valence-electron chi connectivity index (χ4n) is 4.47. The molecule has 0 spiro atoms. The number of likely N-dealkylation sites (N-methyl/N-ethyl adjacent to an activating group) is 1. The van der Waals surface area contributed by atoms with E-state index < -0.39 is 0 Å². The summed E-state index contributed by atoms with van der Waals surface area (Å²) in [4.78, 5) is 26.2. The van der Waals surface area contributed by atoms with Crippen LogP contribution in [0.25, 0.3) is 0 Å². The summed E-state index contributed by atoms with van der Waals surface area (Å²) in [7, 11) is 0. The Morgan fingerprint density at radius 1 is 1.15 bits per heavy atom. The lowest BCUT2D eigenvalue weighted by Crippen LogP contribution is -2.40. The van der Waals surface area contributed by atoms with E-state index in [0.717, 1.165) is 62.8 Å². The maximum absolute atomic E-state index is 12.2. The van der Waals surface area contributed by atoms with Gasteiger partial charge in [0.2, 0.25) is 11.9 Å². The van der Waals surface area contributed by atoms with Gasteiger partial charge < -0.3 is 10.2 Å². The molecule has 0 aliphatic carbocycles. The van der Waals surface area contributed by atoms with Crippen molar-refractivity contribution >= 4 is 11.9 Å². The molecule has 3 heterocycles. The lowest BCUT2D eigenvalue weighted by molar-refractivity contribution is -0.121. The summed E-state index contributed by atoms with van der Waals surface area (Å²) in [6.07, 6.45) is 6.37. The van der Waals surface area contributed by atoms with Gasteiger partial charge in [-0.15, -0.1) is 0 Å². The zero-order valence-corrected chi connectivity index (χ0v) is 17.2. The van der Waals surface area contributed by atoms with E-state index in [1.54, 1.807) is 0 Å². The molecular weight excluding hydrogens is 338 g/mol. The third kappa shape index (κ3) is 5.64. The SMILES string of the molecule is CCN1CCC[C@H]1CNC(=O)CCC1CCN(c2nc(C)cc(C)n2)CC1. The van der Waals surface area contributed by atoms with E-state index in [-0.39, 0.29) is 5.91 Å². The first kappa shape index (κ1) is 20.1. The highest BCUT2D eigenvalue weighted by Crippen LogP contribution is 2.24. The molecule has 2 aliphatic rings. The molecule has 3 rings (SSSR count). The van der Waals surface area contributed by atoms with E-state index in [1.807, 2.05) is 19.9 Å². The highest BCUT2D eigenvalue weighted by Gasteiger charge is 2.24. The Bertz CT molecular complexity index is 607. The monoisotopic (exact) mass is 373 g/mol. The molecule has 150 valence electrons. The highest BCUT2D eigenvalue weighted by molar-refractivity contribution is 5.75. The second-order valence-electron chi connectivity index (χ2n) is 8.15. The predicted molar refractivity (Wildman–Crippen MR) is 109 cm³/mol. The van der Waals surface area contributed by atoms with Crippen molar-refractivity contribution in [2.45, 2.75) is 65.3 Å². The predicted octanol–water partition coefficient (Wildman–Crippen LogP) is 2.69. The summed E-state index contributed by atoms with van der Waals surface area (Å²) in [6.45, 7) is 11.3. The fraction of sp³-hybridized carbons (Fsp3) is 0.762. The molecule has 2 saturated heterocycles. The van der Waals surface area contributed by atoms with E-state index >= 15 is 0 Å². The number of carbonyl (C=O) groups is 1. The topological polar surface area (TPSA) is 61.4 Å². The van der Waals surface area contributed by atoms with Gasteiger partial charge in [0.05, 0.1) is 0 Å². The Kier molecular flexibility index (Phi) is 7.05. The van der Waals surface area contributed by atoms with E-state index in [1.165, 1.54) is 19.4 Å². The Morgan fingerprint density at radius 2 is 1.85 bits per heavy atom. The minimum absolute atomic E-state index is 0.220. The van der Waals surface area contributed by atoms with E-state index in [4.69, 9.17) is 0 Å². The van der Waals surface area contributed by atoms with Crippen LogP contribution in [-0.4, -0.2) is 59.5 Å². The number of nitrogens with zero attached hydrogens (tertiary/aromatic N) is 4. The maximum Gasteiger partial charge on any atom is 0.225 e. The van der Waals surface area contributed by atoms with Gasteiger partial charge in [-0.3, -0.25) is 9.69 Å². The van der Waals surface area contributed by atoms with Crippen LogP contribution in [0.15, 0.2) is 6.07 Å². The fourth-order valence-corrected chi connectivity index (χ4v) is 4.47. The normalized spacial score (nSPS) is 21.6. The van der Waals surface area contributed by atoms with Crippen molar-refractivity contribution < 1.29 is 4.79 Å². The molecule has 6 nitrogen and oxygen atoms in total. The second-order valence-corrected chi connectivity index (χ2v) is 8.15. The number of likely N-dealkylation sites (tertiary alicyclic amines) is 1. The number of nitrogens with one attached hydrogen (secondary N) is 1. The molecule has 0 unspecified atom stereocenters. The Hall–Kier alpha value is -1.69. The van der Waals surface area contributed by atoms with E-state index in [2.05, 4.69) is 32.0 Å². The average molecular weight is 374 g/mol. The van der Waals surface area contributed by atoms with Gasteiger partial charge in [-0.25, -0.2) is 9.97 Å². The molecule has 1 amide bonds. The van der Waals surface area contributed by atoms with Crippen molar-refractivity contribution in [3.05, 3.63) is 17.5 Å². The minimum atomic E-state index is 0.220. The van der Waals surface area contributed by atoms with Crippen LogP contribution in [0.1, 0.15) is 56.8 Å². The minimum Gasteiger partial charge on any atom is -0.355 e. The first-order valence-electron chi connectivity index (χ1n) is 10.6. The summed E-state index contributed by atoms with van der Waals surface area (Å²) in [5.41, 5.74) is 2.06. The number of piperidine rings is 1. The molecule has 1 N–H and O–H groups in total. The van der Waals surface area contributed by atoms with Crippen molar-refractivity contribution in [3.8, 4) is 0 Å². The third-order valence-electron chi connectivity index (χ3n) is 6.09. The molecule has 0 saturated carbocycles. The van der Waals surface area contributed by atoms with Crippen LogP contribution >= 0.6 is 0 Å². The van der Waals surface area contributed by atoms with Crippen LogP contribution in [0.5, 0.6) is 0 Å². The van der Waals surface area contributed by atoms with Gasteiger partial charge in [-0.05, 0) is 71.0 Å². The maximum atomic E-state index is 12.2. The van der Waals surface area contributed by atoms with Crippen molar-refractivity contribution in [3.63, 3.8) is 0 Å². The second kappa shape index (κ2) is 9.49. The molecule has 0 aromatic carbocycles. The van der Waals surface area contributed by atoms with Crippen molar-refractivity contribution in [2.24, 2.45) is 5.92 Å². The molecule has 27 heavy (non-hydrogen) atoms. The summed E-state index contributed by atoms with van der Waals surface area (Å²) in [6, 6.07) is 2.56. The third-order valence-corrected chi connectivity index (χ3v) is 6.09. The van der Waals surface area contributed by atoms with Gasteiger partial charge in [0.15, 0.2) is 0 Å². The summed E-state index contributed by atoms with van der Waals surface area (Å²) >= 11 is 0. The first-order valence-corrected chi connectivity index (χ1v) is 10.6. The molecule has 2 aliphatic heterocycles. The Labute approximate surface area is 163 Å². The van der Waals surface area contributed by atoms with Crippen LogP contribution in [0.4, 0.5) is 5.95 Å². The summed E-state index contributed by atoms with van der Waals surface area (Å²) in [5.74, 6) is 1.72.